The highest BCUT2D eigenvalue weighted by Crippen LogP contribution is 2.33. The van der Waals surface area contributed by atoms with Crippen LogP contribution in [0.25, 0.3) is 11.3 Å². The monoisotopic (exact) mass is 450 g/mol. The third kappa shape index (κ3) is 6.40. The van der Waals surface area contributed by atoms with E-state index in [-0.39, 0.29) is 11.9 Å². The number of nitrogens with one attached hydrogen (secondary N) is 3. The fraction of sp³-hybridized carbons (Fsp3) is 0.320. The highest BCUT2D eigenvalue weighted by Gasteiger charge is 2.30. The lowest BCUT2D eigenvalue weighted by atomic mass is 10.1. The molecule has 3 aromatic rings. The smallest absolute Gasteiger partial charge is 0.315 e. The topological polar surface area (TPSA) is 83.1 Å². The number of carbonyl (C=O) groups excluding carboxylic acids is 2. The molecule has 168 valence electrons. The first kappa shape index (κ1) is 23.5. The molecule has 0 unspecified atom stereocenters. The number of aromatic nitrogens is 1. The van der Waals surface area contributed by atoms with E-state index in [9.17, 15) is 9.59 Å². The van der Waals surface area contributed by atoms with Crippen LogP contribution >= 0.6 is 11.3 Å². The van der Waals surface area contributed by atoms with Gasteiger partial charge in [-0.3, -0.25) is 10.1 Å². The maximum atomic E-state index is 12.9. The summed E-state index contributed by atoms with van der Waals surface area (Å²) in [5, 5.41) is 8.93. The van der Waals surface area contributed by atoms with Gasteiger partial charge in [0.05, 0.1) is 5.69 Å². The Kier molecular flexibility index (Phi) is 8.00. The summed E-state index contributed by atoms with van der Waals surface area (Å²) in [6.07, 6.45) is 2.61. The van der Waals surface area contributed by atoms with Crippen molar-refractivity contribution >= 4 is 28.4 Å². The predicted molar refractivity (Wildman–Crippen MR) is 131 cm³/mol. The Balaban J connectivity index is 1.77. The third-order valence-electron chi connectivity index (χ3n) is 4.98. The van der Waals surface area contributed by atoms with Gasteiger partial charge < -0.3 is 10.6 Å². The summed E-state index contributed by atoms with van der Waals surface area (Å²) in [5.74, 6) is -0.317. The number of urea groups is 1. The van der Waals surface area contributed by atoms with Crippen LogP contribution in [-0.4, -0.2) is 29.0 Å². The zero-order valence-electron chi connectivity index (χ0n) is 18.8. The lowest BCUT2D eigenvalue weighted by Gasteiger charge is -2.24. The second-order valence-electron chi connectivity index (χ2n) is 8.13. The van der Waals surface area contributed by atoms with Crippen molar-refractivity contribution in [3.63, 3.8) is 0 Å². The summed E-state index contributed by atoms with van der Waals surface area (Å²) in [6, 6.07) is 19.8. The minimum absolute atomic E-state index is 0.317. The van der Waals surface area contributed by atoms with E-state index in [0.29, 0.717) is 11.7 Å². The minimum Gasteiger partial charge on any atom is -0.338 e. The summed E-state index contributed by atoms with van der Waals surface area (Å²) in [6.45, 7) is 5.99. The van der Waals surface area contributed by atoms with Gasteiger partial charge in [0.1, 0.15) is 5.54 Å². The molecule has 0 fully saturated rings. The molecule has 3 amide bonds. The molecular weight excluding hydrogens is 420 g/mol. The molecule has 0 radical (unpaired) electrons. The lowest BCUT2D eigenvalue weighted by Crippen LogP contribution is -2.55. The van der Waals surface area contributed by atoms with E-state index in [1.54, 1.807) is 13.8 Å². The van der Waals surface area contributed by atoms with Gasteiger partial charge in [-0.25, -0.2) is 9.78 Å². The summed E-state index contributed by atoms with van der Waals surface area (Å²) < 4.78 is 0. The Hall–Kier alpha value is -3.19. The summed E-state index contributed by atoms with van der Waals surface area (Å²) in [7, 11) is 0. The second-order valence-corrected chi connectivity index (χ2v) is 9.22. The van der Waals surface area contributed by atoms with Gasteiger partial charge in [-0.05, 0) is 25.8 Å². The van der Waals surface area contributed by atoms with Crippen LogP contribution in [0.5, 0.6) is 0 Å². The number of nitrogens with zero attached hydrogens (tertiary/aromatic N) is 1. The van der Waals surface area contributed by atoms with Crippen LogP contribution in [0.3, 0.4) is 0 Å². The van der Waals surface area contributed by atoms with Crippen LogP contribution in [-0.2, 0) is 11.2 Å². The van der Waals surface area contributed by atoms with Crippen molar-refractivity contribution in [1.82, 2.24) is 15.6 Å². The van der Waals surface area contributed by atoms with Crippen LogP contribution in [0.4, 0.5) is 9.93 Å². The van der Waals surface area contributed by atoms with Gasteiger partial charge >= 0.3 is 6.03 Å². The molecule has 7 heteroatoms. The Morgan fingerprint density at radius 2 is 1.66 bits per heavy atom. The standard InChI is InChI=1S/C25H30N4O2S/c1-4-5-16-26-23(31)29-25(2,3)22(30)28-24-27-21(19-14-10-7-11-15-19)20(32-24)17-18-12-8-6-9-13-18/h6-15H,4-5,16-17H2,1-3H3,(H2,26,29,31)(H,27,28,30). The Morgan fingerprint density at radius 1 is 1.00 bits per heavy atom. The van der Waals surface area contributed by atoms with E-state index >= 15 is 0 Å². The Labute approximate surface area is 193 Å². The molecule has 0 aliphatic heterocycles. The minimum atomic E-state index is -1.09. The van der Waals surface area contributed by atoms with E-state index in [1.165, 1.54) is 16.9 Å². The van der Waals surface area contributed by atoms with E-state index in [1.807, 2.05) is 48.5 Å². The van der Waals surface area contributed by atoms with Gasteiger partial charge in [-0.1, -0.05) is 74.0 Å². The summed E-state index contributed by atoms with van der Waals surface area (Å²) >= 11 is 1.46. The Bertz CT molecular complexity index is 1030. The number of rotatable bonds is 9. The first-order valence-corrected chi connectivity index (χ1v) is 11.7. The van der Waals surface area contributed by atoms with E-state index < -0.39 is 5.54 Å². The zero-order valence-corrected chi connectivity index (χ0v) is 19.6. The molecule has 0 atom stereocenters. The fourth-order valence-electron chi connectivity index (χ4n) is 3.14. The van der Waals surface area contributed by atoms with Crippen molar-refractivity contribution in [3.8, 4) is 11.3 Å². The molecule has 0 spiro atoms. The second kappa shape index (κ2) is 10.9. The largest absolute Gasteiger partial charge is 0.338 e. The number of hydrogen-bond donors (Lipinski definition) is 3. The van der Waals surface area contributed by atoms with Crippen LogP contribution in [0, 0.1) is 0 Å². The number of hydrogen-bond acceptors (Lipinski definition) is 4. The molecule has 3 N–H and O–H groups in total. The highest BCUT2D eigenvalue weighted by atomic mass is 32.1. The van der Waals surface area contributed by atoms with E-state index in [4.69, 9.17) is 4.98 Å². The molecule has 0 aliphatic rings. The number of unbranched alkanes of at least 4 members (excludes halogenated alkanes) is 1. The number of amides is 3. The van der Waals surface area contributed by atoms with Gasteiger partial charge in [0.25, 0.3) is 5.91 Å². The van der Waals surface area contributed by atoms with Gasteiger partial charge in [-0.2, -0.15) is 0 Å². The molecule has 1 aromatic heterocycles. The molecule has 0 saturated heterocycles. The predicted octanol–water partition coefficient (Wildman–Crippen LogP) is 5.22. The van der Waals surface area contributed by atoms with Crippen molar-refractivity contribution in [3.05, 3.63) is 71.1 Å². The van der Waals surface area contributed by atoms with Crippen molar-refractivity contribution in [2.75, 3.05) is 11.9 Å². The normalized spacial score (nSPS) is 11.1. The number of anilines is 1. The maximum Gasteiger partial charge on any atom is 0.315 e. The van der Waals surface area contributed by atoms with Crippen LogP contribution < -0.4 is 16.0 Å². The number of benzene rings is 2. The van der Waals surface area contributed by atoms with Crippen molar-refractivity contribution in [2.45, 2.75) is 45.6 Å². The number of carbonyl (C=O) groups is 2. The molecule has 32 heavy (non-hydrogen) atoms. The van der Waals surface area contributed by atoms with Crippen LogP contribution in [0.1, 0.15) is 44.1 Å². The molecule has 0 aliphatic carbocycles. The first-order chi connectivity index (χ1) is 15.4. The summed E-state index contributed by atoms with van der Waals surface area (Å²) in [5.41, 5.74) is 1.95. The van der Waals surface area contributed by atoms with Crippen LogP contribution in [0.2, 0.25) is 0 Å². The van der Waals surface area contributed by atoms with Crippen LogP contribution in [0.15, 0.2) is 60.7 Å². The highest BCUT2D eigenvalue weighted by molar-refractivity contribution is 7.16. The molecule has 3 rings (SSSR count). The van der Waals surface area contributed by atoms with Crippen molar-refractivity contribution in [2.24, 2.45) is 0 Å². The molecule has 1 heterocycles. The van der Waals surface area contributed by atoms with Gasteiger partial charge in [-0.15, -0.1) is 11.3 Å². The van der Waals surface area contributed by atoms with E-state index in [2.05, 4.69) is 35.0 Å². The van der Waals surface area contributed by atoms with Gasteiger partial charge in [0.2, 0.25) is 0 Å². The average molecular weight is 451 g/mol. The quantitative estimate of drug-likeness (QED) is 0.391. The van der Waals surface area contributed by atoms with Crippen molar-refractivity contribution < 1.29 is 9.59 Å². The zero-order chi connectivity index (χ0) is 23.0. The Morgan fingerprint density at radius 3 is 2.31 bits per heavy atom. The summed E-state index contributed by atoms with van der Waals surface area (Å²) in [4.78, 5) is 30.8. The van der Waals surface area contributed by atoms with Crippen molar-refractivity contribution in [1.29, 1.82) is 0 Å². The third-order valence-corrected chi connectivity index (χ3v) is 5.95. The first-order valence-electron chi connectivity index (χ1n) is 10.9. The molecule has 0 saturated carbocycles. The SMILES string of the molecule is CCCCNC(=O)NC(C)(C)C(=O)Nc1nc(-c2ccccc2)c(Cc2ccccc2)s1. The van der Waals surface area contributed by atoms with Gasteiger partial charge in [0, 0.05) is 23.4 Å². The van der Waals surface area contributed by atoms with E-state index in [0.717, 1.165) is 35.4 Å². The van der Waals surface area contributed by atoms with Gasteiger partial charge in [0.15, 0.2) is 5.13 Å². The average Bonchev–Trinajstić information content (AvgIpc) is 3.17. The molecular formula is C25H30N4O2S. The molecule has 0 bridgehead atoms. The fourth-order valence-corrected chi connectivity index (χ4v) is 4.16. The number of thiazole rings is 1. The maximum absolute atomic E-state index is 12.9. The molecule has 6 nitrogen and oxygen atoms in total. The lowest BCUT2D eigenvalue weighted by molar-refractivity contribution is -0.120. The molecule has 2 aromatic carbocycles.